The summed E-state index contributed by atoms with van der Waals surface area (Å²) in [4.78, 5) is 2.69. The van der Waals surface area contributed by atoms with Gasteiger partial charge in [0.05, 0.1) is 0 Å². The van der Waals surface area contributed by atoms with Gasteiger partial charge in [0.15, 0.2) is 0 Å². The number of hydrogen-bond acceptors (Lipinski definition) is 3. The highest BCUT2D eigenvalue weighted by Crippen LogP contribution is 2.31. The van der Waals surface area contributed by atoms with Crippen LogP contribution in [0.25, 0.3) is 0 Å². The first-order valence-corrected chi connectivity index (χ1v) is 8.53. The van der Waals surface area contributed by atoms with Crippen molar-refractivity contribution in [1.82, 2.24) is 10.2 Å². The Kier molecular flexibility index (Phi) is 5.50. The minimum atomic E-state index is 0.432. The normalized spacial score (nSPS) is 26.8. The van der Waals surface area contributed by atoms with Gasteiger partial charge in [0.25, 0.3) is 0 Å². The highest BCUT2D eigenvalue weighted by atomic mass is 16.3. The fourth-order valence-electron chi connectivity index (χ4n) is 3.61. The molecule has 1 fully saturated rings. The van der Waals surface area contributed by atoms with E-state index in [9.17, 15) is 0 Å². The van der Waals surface area contributed by atoms with Gasteiger partial charge in [-0.1, -0.05) is 27.2 Å². The van der Waals surface area contributed by atoms with E-state index in [2.05, 4.69) is 50.9 Å². The van der Waals surface area contributed by atoms with E-state index in [1.54, 1.807) is 0 Å². The minimum Gasteiger partial charge on any atom is -0.466 e. The molecule has 1 aliphatic rings. The predicted octanol–water partition coefficient (Wildman–Crippen LogP) is 4.06. The van der Waals surface area contributed by atoms with Crippen molar-refractivity contribution in [1.29, 1.82) is 0 Å². The lowest BCUT2D eigenvalue weighted by atomic mass is 9.92. The maximum atomic E-state index is 5.75. The summed E-state index contributed by atoms with van der Waals surface area (Å²) in [6.45, 7) is 15.6. The molecule has 0 bridgehead atoms. The van der Waals surface area contributed by atoms with Gasteiger partial charge in [0, 0.05) is 36.8 Å². The first-order chi connectivity index (χ1) is 9.97. The van der Waals surface area contributed by atoms with E-state index in [-0.39, 0.29) is 0 Å². The summed E-state index contributed by atoms with van der Waals surface area (Å²) in [5.74, 6) is 2.83. The molecule has 3 nitrogen and oxygen atoms in total. The van der Waals surface area contributed by atoms with E-state index in [4.69, 9.17) is 4.42 Å². The quantitative estimate of drug-likeness (QED) is 0.887. The van der Waals surface area contributed by atoms with Crippen molar-refractivity contribution in [3.63, 3.8) is 0 Å². The lowest BCUT2D eigenvalue weighted by Crippen LogP contribution is -2.58. The monoisotopic (exact) mass is 292 g/mol. The molecule has 21 heavy (non-hydrogen) atoms. The van der Waals surface area contributed by atoms with E-state index in [0.29, 0.717) is 18.1 Å². The summed E-state index contributed by atoms with van der Waals surface area (Å²) in [6.07, 6.45) is 2.43. The van der Waals surface area contributed by atoms with Crippen molar-refractivity contribution < 1.29 is 4.42 Å². The lowest BCUT2D eigenvalue weighted by molar-refractivity contribution is 0.0700. The number of furan rings is 1. The molecule has 3 heteroatoms. The number of hydrogen-bond donors (Lipinski definition) is 1. The summed E-state index contributed by atoms with van der Waals surface area (Å²) < 4.78 is 5.75. The van der Waals surface area contributed by atoms with Gasteiger partial charge in [0.1, 0.15) is 11.5 Å². The molecule has 4 atom stereocenters. The Morgan fingerprint density at radius 3 is 2.57 bits per heavy atom. The highest BCUT2D eigenvalue weighted by Gasteiger charge is 2.33. The van der Waals surface area contributed by atoms with Crippen LogP contribution >= 0.6 is 0 Å². The molecule has 0 radical (unpaired) electrons. The topological polar surface area (TPSA) is 28.4 Å². The third-order valence-electron chi connectivity index (χ3n) is 5.32. The highest BCUT2D eigenvalue weighted by molar-refractivity contribution is 5.24. The van der Waals surface area contributed by atoms with Crippen LogP contribution in [-0.2, 0) is 0 Å². The lowest BCUT2D eigenvalue weighted by Gasteiger charge is -2.45. The maximum absolute atomic E-state index is 5.75. The average molecular weight is 292 g/mol. The van der Waals surface area contributed by atoms with Gasteiger partial charge in [-0.05, 0) is 39.2 Å². The molecule has 2 heterocycles. The summed E-state index contributed by atoms with van der Waals surface area (Å²) in [7, 11) is 0. The molecule has 1 saturated heterocycles. The smallest absolute Gasteiger partial charge is 0.105 e. The van der Waals surface area contributed by atoms with Gasteiger partial charge in [0.2, 0.25) is 0 Å². The minimum absolute atomic E-state index is 0.432. The number of piperazine rings is 1. The Balaban J connectivity index is 2.18. The Bertz CT molecular complexity index is 454. The second-order valence-electron chi connectivity index (χ2n) is 6.70. The number of aryl methyl sites for hydroxylation is 2. The van der Waals surface area contributed by atoms with Crippen LogP contribution in [0, 0.1) is 19.8 Å². The van der Waals surface area contributed by atoms with Crippen molar-refractivity contribution in [3.05, 3.63) is 23.2 Å². The van der Waals surface area contributed by atoms with Gasteiger partial charge in [-0.2, -0.15) is 0 Å². The zero-order chi connectivity index (χ0) is 15.6. The molecule has 2 rings (SSSR count). The molecule has 0 aliphatic carbocycles. The Morgan fingerprint density at radius 1 is 1.33 bits per heavy atom. The van der Waals surface area contributed by atoms with Crippen LogP contribution in [0.3, 0.4) is 0 Å². The van der Waals surface area contributed by atoms with Crippen LogP contribution in [-0.4, -0.2) is 30.1 Å². The molecule has 1 aromatic heterocycles. The van der Waals surface area contributed by atoms with E-state index in [1.807, 2.05) is 6.92 Å². The third kappa shape index (κ3) is 3.51. The molecular formula is C18H32N2O. The van der Waals surface area contributed by atoms with Crippen molar-refractivity contribution >= 4 is 0 Å². The van der Waals surface area contributed by atoms with Crippen molar-refractivity contribution in [2.45, 2.75) is 72.5 Å². The Hall–Kier alpha value is -0.800. The predicted molar refractivity (Wildman–Crippen MR) is 88.6 cm³/mol. The van der Waals surface area contributed by atoms with Crippen LogP contribution < -0.4 is 5.32 Å². The van der Waals surface area contributed by atoms with E-state index in [0.717, 1.165) is 30.5 Å². The van der Waals surface area contributed by atoms with E-state index in [1.165, 1.54) is 18.4 Å². The average Bonchev–Trinajstić information content (AvgIpc) is 2.83. The molecule has 120 valence electrons. The molecule has 1 aromatic rings. The zero-order valence-corrected chi connectivity index (χ0v) is 14.6. The fraction of sp³-hybridized carbons (Fsp3) is 0.778. The summed E-state index contributed by atoms with van der Waals surface area (Å²) in [5, 5.41) is 3.76. The van der Waals surface area contributed by atoms with Crippen LogP contribution in [0.1, 0.15) is 63.7 Å². The van der Waals surface area contributed by atoms with Gasteiger partial charge in [-0.3, -0.25) is 4.90 Å². The van der Waals surface area contributed by atoms with E-state index >= 15 is 0 Å². The van der Waals surface area contributed by atoms with Crippen molar-refractivity contribution in [3.8, 4) is 0 Å². The molecule has 0 aromatic carbocycles. The molecule has 1 N–H and O–H groups in total. The number of nitrogens with one attached hydrogen (secondary N) is 1. The van der Waals surface area contributed by atoms with Crippen molar-refractivity contribution in [2.24, 2.45) is 5.92 Å². The zero-order valence-electron chi connectivity index (χ0n) is 14.6. The molecule has 0 amide bonds. The maximum Gasteiger partial charge on any atom is 0.105 e. The molecule has 0 spiro atoms. The Morgan fingerprint density at radius 2 is 2.05 bits per heavy atom. The van der Waals surface area contributed by atoms with Crippen molar-refractivity contribution in [2.75, 3.05) is 13.1 Å². The molecule has 4 unspecified atom stereocenters. The van der Waals surface area contributed by atoms with Gasteiger partial charge in [-0.15, -0.1) is 0 Å². The third-order valence-corrected chi connectivity index (χ3v) is 5.32. The van der Waals surface area contributed by atoms with Crippen LogP contribution in [0.15, 0.2) is 10.5 Å². The van der Waals surface area contributed by atoms with Gasteiger partial charge < -0.3 is 9.73 Å². The summed E-state index contributed by atoms with van der Waals surface area (Å²) in [6, 6.07) is 3.87. The molecular weight excluding hydrogens is 260 g/mol. The summed E-state index contributed by atoms with van der Waals surface area (Å²) in [5.41, 5.74) is 1.36. The second kappa shape index (κ2) is 6.97. The standard InChI is InChI=1S/C18H32N2O/c1-7-12(3)18-11-20(16(8-2)10-19-18)14(5)17-9-13(4)21-15(17)6/h9,12,14,16,18-19H,7-8,10-11H2,1-6H3. The first-order valence-electron chi connectivity index (χ1n) is 8.53. The van der Waals surface area contributed by atoms with Crippen LogP contribution in [0.4, 0.5) is 0 Å². The van der Waals surface area contributed by atoms with Crippen LogP contribution in [0.2, 0.25) is 0 Å². The molecule has 0 saturated carbocycles. The number of rotatable bonds is 5. The second-order valence-corrected chi connectivity index (χ2v) is 6.70. The number of nitrogens with zero attached hydrogens (tertiary/aromatic N) is 1. The Labute approximate surface area is 130 Å². The largest absolute Gasteiger partial charge is 0.466 e. The van der Waals surface area contributed by atoms with Gasteiger partial charge in [-0.25, -0.2) is 0 Å². The first kappa shape index (κ1) is 16.6. The van der Waals surface area contributed by atoms with Gasteiger partial charge >= 0.3 is 0 Å². The molecule has 1 aliphatic heterocycles. The fourth-order valence-corrected chi connectivity index (χ4v) is 3.61. The van der Waals surface area contributed by atoms with E-state index < -0.39 is 0 Å². The summed E-state index contributed by atoms with van der Waals surface area (Å²) >= 11 is 0. The van der Waals surface area contributed by atoms with Crippen LogP contribution in [0.5, 0.6) is 0 Å². The SMILES string of the molecule is CCC(C)C1CN(C(C)c2cc(C)oc2C)C(CC)CN1.